The standard InChI is InChI=1S/C12H18N2O.ClH/c1-2-11(14-12(15)8-9-13)10-6-4-3-5-7-10;/h3-7,11H,2,8-9,13H2,1H3,(H,14,15);1H. The quantitative estimate of drug-likeness (QED) is 0.830. The maximum atomic E-state index is 11.4. The van der Waals surface area contributed by atoms with E-state index in [0.717, 1.165) is 12.0 Å². The molecule has 1 rings (SSSR count). The molecule has 0 aliphatic rings. The predicted molar refractivity (Wildman–Crippen MR) is 68.5 cm³/mol. The number of hydrogen-bond donors (Lipinski definition) is 2. The first kappa shape index (κ1) is 14.9. The van der Waals surface area contributed by atoms with E-state index >= 15 is 0 Å². The van der Waals surface area contributed by atoms with Crippen LogP contribution >= 0.6 is 12.4 Å². The minimum Gasteiger partial charge on any atom is -0.349 e. The SMILES string of the molecule is CCC(NC(=O)CCN)c1ccccc1.Cl. The van der Waals surface area contributed by atoms with Gasteiger partial charge in [-0.05, 0) is 12.0 Å². The highest BCUT2D eigenvalue weighted by molar-refractivity contribution is 5.85. The lowest BCUT2D eigenvalue weighted by atomic mass is 10.0. The number of carbonyl (C=O) groups excluding carboxylic acids is 1. The average molecular weight is 243 g/mol. The van der Waals surface area contributed by atoms with E-state index in [0.29, 0.717) is 13.0 Å². The van der Waals surface area contributed by atoms with Crippen molar-refractivity contribution in [3.05, 3.63) is 35.9 Å². The van der Waals surface area contributed by atoms with E-state index in [1.807, 2.05) is 30.3 Å². The lowest BCUT2D eigenvalue weighted by molar-refractivity contribution is -0.121. The number of halogens is 1. The van der Waals surface area contributed by atoms with Crippen LogP contribution in [0.4, 0.5) is 0 Å². The van der Waals surface area contributed by atoms with Crippen molar-refractivity contribution in [3.8, 4) is 0 Å². The normalized spacial score (nSPS) is 11.4. The van der Waals surface area contributed by atoms with E-state index in [-0.39, 0.29) is 24.4 Å². The van der Waals surface area contributed by atoms with E-state index in [4.69, 9.17) is 5.73 Å². The second-order valence-corrected chi connectivity index (χ2v) is 3.48. The highest BCUT2D eigenvalue weighted by Crippen LogP contribution is 2.15. The van der Waals surface area contributed by atoms with Gasteiger partial charge in [0.15, 0.2) is 0 Å². The van der Waals surface area contributed by atoms with Crippen molar-refractivity contribution in [1.82, 2.24) is 5.32 Å². The van der Waals surface area contributed by atoms with E-state index < -0.39 is 0 Å². The van der Waals surface area contributed by atoms with Crippen LogP contribution < -0.4 is 11.1 Å². The van der Waals surface area contributed by atoms with Gasteiger partial charge in [0.05, 0.1) is 6.04 Å². The van der Waals surface area contributed by atoms with Gasteiger partial charge in [0, 0.05) is 13.0 Å². The minimum atomic E-state index is 0. The smallest absolute Gasteiger partial charge is 0.221 e. The second-order valence-electron chi connectivity index (χ2n) is 3.48. The predicted octanol–water partition coefficient (Wildman–Crippen LogP) is 2.02. The molecule has 0 bridgehead atoms. The Morgan fingerprint density at radius 1 is 1.38 bits per heavy atom. The van der Waals surface area contributed by atoms with Gasteiger partial charge in [0.25, 0.3) is 0 Å². The number of carbonyl (C=O) groups is 1. The summed E-state index contributed by atoms with van der Waals surface area (Å²) in [6.45, 7) is 2.46. The molecule has 0 aliphatic heterocycles. The first-order valence-corrected chi connectivity index (χ1v) is 5.32. The van der Waals surface area contributed by atoms with Crippen molar-refractivity contribution in [2.45, 2.75) is 25.8 Å². The topological polar surface area (TPSA) is 55.1 Å². The Hall–Kier alpha value is -1.06. The van der Waals surface area contributed by atoms with Gasteiger partial charge in [-0.1, -0.05) is 37.3 Å². The van der Waals surface area contributed by atoms with Crippen LogP contribution in [0.5, 0.6) is 0 Å². The molecule has 0 heterocycles. The zero-order valence-electron chi connectivity index (χ0n) is 9.48. The van der Waals surface area contributed by atoms with Crippen molar-refractivity contribution in [2.75, 3.05) is 6.54 Å². The van der Waals surface area contributed by atoms with Crippen LogP contribution in [0.3, 0.4) is 0 Å². The Morgan fingerprint density at radius 3 is 2.50 bits per heavy atom. The number of benzene rings is 1. The summed E-state index contributed by atoms with van der Waals surface area (Å²) in [5.41, 5.74) is 6.47. The summed E-state index contributed by atoms with van der Waals surface area (Å²) < 4.78 is 0. The summed E-state index contributed by atoms with van der Waals surface area (Å²) in [5, 5.41) is 2.96. The molecule has 0 radical (unpaired) electrons. The van der Waals surface area contributed by atoms with Gasteiger partial charge in [0.1, 0.15) is 0 Å². The zero-order chi connectivity index (χ0) is 11.1. The van der Waals surface area contributed by atoms with Crippen molar-refractivity contribution in [1.29, 1.82) is 0 Å². The number of nitrogens with two attached hydrogens (primary N) is 1. The fourth-order valence-corrected chi connectivity index (χ4v) is 1.50. The van der Waals surface area contributed by atoms with E-state index in [1.165, 1.54) is 0 Å². The molecule has 0 saturated carbocycles. The molecule has 1 aromatic carbocycles. The summed E-state index contributed by atoms with van der Waals surface area (Å²) in [6.07, 6.45) is 1.28. The monoisotopic (exact) mass is 242 g/mol. The molecule has 1 unspecified atom stereocenters. The third kappa shape index (κ3) is 4.64. The summed E-state index contributed by atoms with van der Waals surface area (Å²) in [7, 11) is 0. The largest absolute Gasteiger partial charge is 0.349 e. The zero-order valence-corrected chi connectivity index (χ0v) is 10.3. The first-order chi connectivity index (χ1) is 7.27. The third-order valence-electron chi connectivity index (χ3n) is 2.32. The highest BCUT2D eigenvalue weighted by atomic mass is 35.5. The van der Waals surface area contributed by atoms with Gasteiger partial charge < -0.3 is 11.1 Å². The Morgan fingerprint density at radius 2 is 2.00 bits per heavy atom. The summed E-state index contributed by atoms with van der Waals surface area (Å²) >= 11 is 0. The van der Waals surface area contributed by atoms with Crippen LogP contribution in [0.15, 0.2) is 30.3 Å². The molecule has 1 atom stereocenters. The maximum Gasteiger partial charge on any atom is 0.221 e. The molecule has 90 valence electrons. The number of nitrogens with one attached hydrogen (secondary N) is 1. The minimum absolute atomic E-state index is 0. The van der Waals surface area contributed by atoms with E-state index in [1.54, 1.807) is 0 Å². The lowest BCUT2D eigenvalue weighted by Crippen LogP contribution is -2.29. The average Bonchev–Trinajstić information content (AvgIpc) is 2.27. The molecule has 16 heavy (non-hydrogen) atoms. The maximum absolute atomic E-state index is 11.4. The number of hydrogen-bond acceptors (Lipinski definition) is 2. The van der Waals surface area contributed by atoms with E-state index in [2.05, 4.69) is 12.2 Å². The van der Waals surface area contributed by atoms with Crippen LogP contribution in [0.2, 0.25) is 0 Å². The van der Waals surface area contributed by atoms with Gasteiger partial charge in [-0.2, -0.15) is 0 Å². The molecule has 1 amide bonds. The molecule has 0 fully saturated rings. The van der Waals surface area contributed by atoms with Crippen LogP contribution in [0.1, 0.15) is 31.4 Å². The molecule has 0 aliphatic carbocycles. The fraction of sp³-hybridized carbons (Fsp3) is 0.417. The molecule has 1 aromatic rings. The number of rotatable bonds is 5. The molecular weight excluding hydrogens is 224 g/mol. The van der Waals surface area contributed by atoms with Crippen molar-refractivity contribution in [3.63, 3.8) is 0 Å². The van der Waals surface area contributed by atoms with Gasteiger partial charge in [-0.15, -0.1) is 12.4 Å². The van der Waals surface area contributed by atoms with Crippen LogP contribution in [-0.2, 0) is 4.79 Å². The molecule has 4 heteroatoms. The molecule has 0 spiro atoms. The first-order valence-electron chi connectivity index (χ1n) is 5.32. The molecule has 0 aromatic heterocycles. The Balaban J connectivity index is 0.00000225. The summed E-state index contributed by atoms with van der Waals surface area (Å²) in [5.74, 6) is 0.0215. The van der Waals surface area contributed by atoms with Gasteiger partial charge >= 0.3 is 0 Å². The Bertz CT molecular complexity index is 303. The van der Waals surface area contributed by atoms with Crippen molar-refractivity contribution < 1.29 is 4.79 Å². The highest BCUT2D eigenvalue weighted by Gasteiger charge is 2.10. The summed E-state index contributed by atoms with van der Waals surface area (Å²) in [4.78, 5) is 11.4. The Kier molecular flexibility index (Phi) is 7.60. The molecule has 3 N–H and O–H groups in total. The van der Waals surface area contributed by atoms with Crippen molar-refractivity contribution >= 4 is 18.3 Å². The lowest BCUT2D eigenvalue weighted by Gasteiger charge is -2.17. The van der Waals surface area contributed by atoms with Crippen LogP contribution in [0, 0.1) is 0 Å². The van der Waals surface area contributed by atoms with Gasteiger partial charge in [-0.3, -0.25) is 4.79 Å². The molecular formula is C12H19ClN2O. The third-order valence-corrected chi connectivity index (χ3v) is 2.32. The molecule has 3 nitrogen and oxygen atoms in total. The van der Waals surface area contributed by atoms with Gasteiger partial charge in [0.2, 0.25) is 5.91 Å². The number of amides is 1. The fourth-order valence-electron chi connectivity index (χ4n) is 1.50. The van der Waals surface area contributed by atoms with E-state index in [9.17, 15) is 4.79 Å². The van der Waals surface area contributed by atoms with Crippen LogP contribution in [0.25, 0.3) is 0 Å². The van der Waals surface area contributed by atoms with Crippen molar-refractivity contribution in [2.24, 2.45) is 5.73 Å². The molecule has 0 saturated heterocycles. The Labute approximate surface area is 103 Å². The second kappa shape index (κ2) is 8.13. The summed E-state index contributed by atoms with van der Waals surface area (Å²) in [6, 6.07) is 10.1. The van der Waals surface area contributed by atoms with Crippen LogP contribution in [-0.4, -0.2) is 12.5 Å². The van der Waals surface area contributed by atoms with Gasteiger partial charge in [-0.25, -0.2) is 0 Å².